The average molecular weight is 340 g/mol. The number of carbonyl (C=O) groups is 2. The molecule has 1 atom stereocenters. The fourth-order valence-electron chi connectivity index (χ4n) is 2.59. The van der Waals surface area contributed by atoms with Gasteiger partial charge in [0.15, 0.2) is 0 Å². The Balaban J connectivity index is 2.19. The number of para-hydroxylation sites is 1. The minimum absolute atomic E-state index is 0.228. The van der Waals surface area contributed by atoms with Crippen LogP contribution in [-0.4, -0.2) is 50.0 Å². The second kappa shape index (κ2) is 7.10. The Morgan fingerprint density at radius 3 is 2.70 bits per heavy atom. The van der Waals surface area contributed by atoms with Gasteiger partial charge in [-0.2, -0.15) is 4.31 Å². The number of benzene rings is 1. The molecule has 126 valence electrons. The molecular weight excluding hydrogens is 320 g/mol. The molecule has 1 heterocycles. The number of nitrogens with one attached hydrogen (secondary N) is 1. The molecule has 1 aromatic carbocycles. The van der Waals surface area contributed by atoms with Crippen LogP contribution in [0.4, 0.5) is 5.69 Å². The number of hydrogen-bond acceptors (Lipinski definition) is 5. The highest BCUT2D eigenvalue weighted by molar-refractivity contribution is 7.88. The summed E-state index contributed by atoms with van der Waals surface area (Å²) < 4.78 is 29.6. The van der Waals surface area contributed by atoms with E-state index in [-0.39, 0.29) is 12.2 Å². The molecule has 1 aromatic rings. The first-order valence-electron chi connectivity index (χ1n) is 7.38. The van der Waals surface area contributed by atoms with Crippen molar-refractivity contribution in [2.75, 3.05) is 24.7 Å². The van der Waals surface area contributed by atoms with Gasteiger partial charge >= 0.3 is 5.97 Å². The zero-order valence-corrected chi connectivity index (χ0v) is 13.9. The minimum Gasteiger partial charge on any atom is -0.462 e. The number of sulfonamides is 1. The topological polar surface area (TPSA) is 92.8 Å². The van der Waals surface area contributed by atoms with Gasteiger partial charge in [0, 0.05) is 6.54 Å². The predicted octanol–water partition coefficient (Wildman–Crippen LogP) is 1.23. The molecule has 0 spiro atoms. The summed E-state index contributed by atoms with van der Waals surface area (Å²) in [6.07, 6.45) is 2.18. The fraction of sp³-hybridized carbons (Fsp3) is 0.467. The van der Waals surface area contributed by atoms with Crippen molar-refractivity contribution in [2.24, 2.45) is 0 Å². The van der Waals surface area contributed by atoms with E-state index in [1.165, 1.54) is 4.31 Å². The van der Waals surface area contributed by atoms with Crippen LogP contribution in [-0.2, 0) is 19.6 Å². The summed E-state index contributed by atoms with van der Waals surface area (Å²) in [5, 5.41) is 2.65. The monoisotopic (exact) mass is 340 g/mol. The van der Waals surface area contributed by atoms with Gasteiger partial charge in [0.2, 0.25) is 15.9 Å². The Bertz CT molecular complexity index is 702. The second-order valence-electron chi connectivity index (χ2n) is 5.29. The van der Waals surface area contributed by atoms with Gasteiger partial charge in [0.25, 0.3) is 0 Å². The third-order valence-electron chi connectivity index (χ3n) is 3.61. The number of esters is 1. The third kappa shape index (κ3) is 4.08. The quantitative estimate of drug-likeness (QED) is 0.814. The molecule has 8 heteroatoms. The van der Waals surface area contributed by atoms with Gasteiger partial charge in [0.1, 0.15) is 6.04 Å². The van der Waals surface area contributed by atoms with E-state index in [1.54, 1.807) is 31.2 Å². The summed E-state index contributed by atoms with van der Waals surface area (Å²) in [4.78, 5) is 24.3. The van der Waals surface area contributed by atoms with E-state index in [0.29, 0.717) is 25.1 Å². The number of nitrogens with zero attached hydrogens (tertiary/aromatic N) is 1. The number of hydrogen-bond donors (Lipinski definition) is 1. The first-order chi connectivity index (χ1) is 10.8. The molecule has 1 N–H and O–H groups in total. The lowest BCUT2D eigenvalue weighted by Crippen LogP contribution is -2.42. The van der Waals surface area contributed by atoms with Crippen LogP contribution < -0.4 is 5.32 Å². The Kier molecular flexibility index (Phi) is 5.38. The molecule has 2 rings (SSSR count). The smallest absolute Gasteiger partial charge is 0.340 e. The molecule has 1 saturated heterocycles. The van der Waals surface area contributed by atoms with E-state index < -0.39 is 27.9 Å². The summed E-state index contributed by atoms with van der Waals surface area (Å²) in [6.45, 7) is 2.25. The highest BCUT2D eigenvalue weighted by Crippen LogP contribution is 2.23. The van der Waals surface area contributed by atoms with Crippen LogP contribution in [0.1, 0.15) is 30.1 Å². The number of anilines is 1. The Morgan fingerprint density at radius 2 is 2.04 bits per heavy atom. The van der Waals surface area contributed by atoms with Crippen LogP contribution in [0.2, 0.25) is 0 Å². The van der Waals surface area contributed by atoms with Crippen molar-refractivity contribution in [3.63, 3.8) is 0 Å². The third-order valence-corrected chi connectivity index (χ3v) is 4.90. The maximum atomic E-state index is 12.4. The molecule has 0 aliphatic carbocycles. The van der Waals surface area contributed by atoms with E-state index in [2.05, 4.69) is 5.32 Å². The lowest BCUT2D eigenvalue weighted by atomic mass is 10.1. The van der Waals surface area contributed by atoms with Gasteiger partial charge in [-0.15, -0.1) is 0 Å². The lowest BCUT2D eigenvalue weighted by Gasteiger charge is -2.21. The molecule has 23 heavy (non-hydrogen) atoms. The van der Waals surface area contributed by atoms with Crippen molar-refractivity contribution in [3.05, 3.63) is 29.8 Å². The highest BCUT2D eigenvalue weighted by Gasteiger charge is 2.36. The van der Waals surface area contributed by atoms with Gasteiger partial charge in [-0.1, -0.05) is 12.1 Å². The zero-order chi connectivity index (χ0) is 17.0. The normalized spacial score (nSPS) is 18.6. The number of amides is 1. The maximum absolute atomic E-state index is 12.4. The summed E-state index contributed by atoms with van der Waals surface area (Å²) in [5.74, 6) is -0.973. The van der Waals surface area contributed by atoms with Gasteiger partial charge in [0.05, 0.1) is 24.1 Å². The van der Waals surface area contributed by atoms with Crippen molar-refractivity contribution >= 4 is 27.6 Å². The summed E-state index contributed by atoms with van der Waals surface area (Å²) >= 11 is 0. The van der Waals surface area contributed by atoms with Gasteiger partial charge in [-0.3, -0.25) is 4.79 Å². The second-order valence-corrected chi connectivity index (χ2v) is 7.22. The SMILES string of the molecule is CCOC(=O)c1ccccc1NC(=O)C1CCCN1S(C)(=O)=O. The molecule has 0 radical (unpaired) electrons. The van der Waals surface area contributed by atoms with Gasteiger partial charge < -0.3 is 10.1 Å². The predicted molar refractivity (Wildman–Crippen MR) is 85.6 cm³/mol. The summed E-state index contributed by atoms with van der Waals surface area (Å²) in [5.41, 5.74) is 0.558. The minimum atomic E-state index is -3.44. The average Bonchev–Trinajstić information content (AvgIpc) is 2.97. The zero-order valence-electron chi connectivity index (χ0n) is 13.1. The Hall–Kier alpha value is -1.93. The van der Waals surface area contributed by atoms with E-state index in [9.17, 15) is 18.0 Å². The Labute approximate surface area is 135 Å². The highest BCUT2D eigenvalue weighted by atomic mass is 32.2. The summed E-state index contributed by atoms with van der Waals surface area (Å²) in [6, 6.07) is 5.74. The maximum Gasteiger partial charge on any atom is 0.340 e. The van der Waals surface area contributed by atoms with Crippen molar-refractivity contribution in [2.45, 2.75) is 25.8 Å². The molecular formula is C15H20N2O5S. The molecule has 1 amide bonds. The van der Waals surface area contributed by atoms with Gasteiger partial charge in [-0.05, 0) is 31.9 Å². The molecule has 7 nitrogen and oxygen atoms in total. The van der Waals surface area contributed by atoms with E-state index >= 15 is 0 Å². The lowest BCUT2D eigenvalue weighted by molar-refractivity contribution is -0.119. The van der Waals surface area contributed by atoms with Crippen LogP contribution >= 0.6 is 0 Å². The van der Waals surface area contributed by atoms with Crippen molar-refractivity contribution in [3.8, 4) is 0 Å². The van der Waals surface area contributed by atoms with Crippen LogP contribution in [0.15, 0.2) is 24.3 Å². The number of ether oxygens (including phenoxy) is 1. The van der Waals surface area contributed by atoms with Crippen LogP contribution in [0.3, 0.4) is 0 Å². The number of carbonyl (C=O) groups excluding carboxylic acids is 2. The molecule has 1 aliphatic rings. The van der Waals surface area contributed by atoms with Gasteiger partial charge in [-0.25, -0.2) is 13.2 Å². The van der Waals surface area contributed by atoms with Crippen LogP contribution in [0.5, 0.6) is 0 Å². The molecule has 1 aliphatic heterocycles. The van der Waals surface area contributed by atoms with Crippen LogP contribution in [0.25, 0.3) is 0 Å². The molecule has 1 unspecified atom stereocenters. The standard InChI is InChI=1S/C15H20N2O5S/c1-3-22-15(19)11-7-4-5-8-12(11)16-14(18)13-9-6-10-17(13)23(2,20)21/h4-5,7-8,13H,3,6,9-10H2,1-2H3,(H,16,18). The van der Waals surface area contributed by atoms with Crippen molar-refractivity contribution in [1.29, 1.82) is 0 Å². The van der Waals surface area contributed by atoms with E-state index in [4.69, 9.17) is 4.74 Å². The van der Waals surface area contributed by atoms with Crippen molar-refractivity contribution in [1.82, 2.24) is 4.31 Å². The molecule has 0 aromatic heterocycles. The van der Waals surface area contributed by atoms with Crippen molar-refractivity contribution < 1.29 is 22.7 Å². The van der Waals surface area contributed by atoms with Crippen LogP contribution in [0, 0.1) is 0 Å². The molecule has 0 bridgehead atoms. The molecule has 0 saturated carbocycles. The first-order valence-corrected chi connectivity index (χ1v) is 9.23. The largest absolute Gasteiger partial charge is 0.462 e. The van der Waals surface area contributed by atoms with E-state index in [0.717, 1.165) is 6.26 Å². The summed E-state index contributed by atoms with van der Waals surface area (Å²) in [7, 11) is -3.44. The molecule has 1 fully saturated rings. The number of rotatable bonds is 5. The Morgan fingerprint density at radius 1 is 1.35 bits per heavy atom. The van der Waals surface area contributed by atoms with E-state index in [1.807, 2.05) is 0 Å². The fourth-order valence-corrected chi connectivity index (χ4v) is 3.72. The first kappa shape index (κ1) is 17.4.